The Morgan fingerprint density at radius 3 is 2.53 bits per heavy atom. The summed E-state index contributed by atoms with van der Waals surface area (Å²) in [6.07, 6.45) is 4.71. The van der Waals surface area contributed by atoms with Crippen molar-refractivity contribution in [3.8, 4) is 11.1 Å². The third kappa shape index (κ3) is 6.17. The van der Waals surface area contributed by atoms with Crippen LogP contribution < -0.4 is 5.32 Å². The molecule has 1 aliphatic heterocycles. The normalized spacial score (nSPS) is 20.6. The van der Waals surface area contributed by atoms with Crippen molar-refractivity contribution in [2.45, 2.75) is 84.5 Å². The van der Waals surface area contributed by atoms with E-state index in [1.165, 1.54) is 32.3 Å². The number of nitrogens with one attached hydrogen (secondary N) is 1. The molecule has 3 heterocycles. The van der Waals surface area contributed by atoms with Crippen LogP contribution in [-0.2, 0) is 0 Å². The van der Waals surface area contributed by atoms with E-state index < -0.39 is 12.6 Å². The van der Waals surface area contributed by atoms with Crippen LogP contribution in [0.1, 0.15) is 57.2 Å². The van der Waals surface area contributed by atoms with Crippen LogP contribution in [0.15, 0.2) is 29.4 Å². The van der Waals surface area contributed by atoms with Gasteiger partial charge in [0, 0.05) is 43.5 Å². The number of hydrogen-bond acceptors (Lipinski definition) is 5. The molecular formula is C28H36F4N6. The van der Waals surface area contributed by atoms with Crippen molar-refractivity contribution in [3.05, 3.63) is 41.5 Å². The average Bonchev–Trinajstić information content (AvgIpc) is 3.27. The van der Waals surface area contributed by atoms with Gasteiger partial charge in [0.05, 0.1) is 17.3 Å². The Morgan fingerprint density at radius 1 is 1.21 bits per heavy atom. The number of benzene rings is 1. The lowest BCUT2D eigenvalue weighted by molar-refractivity contribution is 0.0552. The first kappa shape index (κ1) is 28.0. The number of likely N-dealkylation sites (tertiary alicyclic amines) is 1. The Balaban J connectivity index is 0.000000617. The van der Waals surface area contributed by atoms with Gasteiger partial charge in [-0.1, -0.05) is 13.3 Å². The van der Waals surface area contributed by atoms with Crippen molar-refractivity contribution in [2.24, 2.45) is 4.99 Å². The number of halogens is 4. The zero-order valence-corrected chi connectivity index (χ0v) is 22.4. The number of nitrogens with zero attached hydrogens (tertiary/aromatic N) is 5. The molecule has 3 aromatic rings. The van der Waals surface area contributed by atoms with E-state index in [1.807, 2.05) is 32.2 Å². The number of fused-ring (bicyclic) bond motifs is 1. The first-order valence-corrected chi connectivity index (χ1v) is 13.3. The minimum Gasteiger partial charge on any atom is -0.347 e. The summed E-state index contributed by atoms with van der Waals surface area (Å²) in [5, 5.41) is 7.81. The van der Waals surface area contributed by atoms with Crippen molar-refractivity contribution in [3.63, 3.8) is 0 Å². The fourth-order valence-electron chi connectivity index (χ4n) is 5.02. The Bertz CT molecular complexity index is 1250. The quantitative estimate of drug-likeness (QED) is 0.277. The van der Waals surface area contributed by atoms with Gasteiger partial charge in [-0.15, -0.1) is 5.10 Å². The van der Waals surface area contributed by atoms with Crippen molar-refractivity contribution in [1.82, 2.24) is 19.5 Å². The zero-order valence-electron chi connectivity index (χ0n) is 22.4. The summed E-state index contributed by atoms with van der Waals surface area (Å²) in [5.74, 6) is 0.0587. The summed E-state index contributed by atoms with van der Waals surface area (Å²) >= 11 is 0. The predicted octanol–water partition coefficient (Wildman–Crippen LogP) is 6.91. The van der Waals surface area contributed by atoms with Crippen LogP contribution in [0.4, 0.5) is 29.2 Å². The molecule has 2 aliphatic rings. The van der Waals surface area contributed by atoms with Gasteiger partial charge < -0.3 is 5.32 Å². The monoisotopic (exact) mass is 532 g/mol. The molecule has 2 fully saturated rings. The van der Waals surface area contributed by atoms with Crippen LogP contribution in [0.5, 0.6) is 0 Å². The lowest BCUT2D eigenvalue weighted by Crippen LogP contribution is -2.53. The molecule has 1 unspecified atom stereocenters. The fourth-order valence-corrected chi connectivity index (χ4v) is 5.02. The van der Waals surface area contributed by atoms with E-state index >= 15 is 0 Å². The van der Waals surface area contributed by atoms with Crippen molar-refractivity contribution in [2.75, 3.05) is 18.4 Å². The molecule has 2 atom stereocenters. The molecule has 1 aliphatic carbocycles. The molecular weight excluding hydrogens is 496 g/mol. The molecule has 10 heteroatoms. The highest BCUT2D eigenvalue weighted by molar-refractivity contribution is 5.84. The lowest BCUT2D eigenvalue weighted by Gasteiger charge is -2.43. The summed E-state index contributed by atoms with van der Waals surface area (Å²) in [6, 6.07) is 5.60. The molecule has 6 nitrogen and oxygen atoms in total. The Hall–Kier alpha value is -3.01. The summed E-state index contributed by atoms with van der Waals surface area (Å²) in [7, 11) is 0. The van der Waals surface area contributed by atoms with Gasteiger partial charge in [0.1, 0.15) is 17.7 Å². The van der Waals surface area contributed by atoms with E-state index in [-0.39, 0.29) is 18.3 Å². The van der Waals surface area contributed by atoms with Crippen LogP contribution in [0.3, 0.4) is 0 Å². The van der Waals surface area contributed by atoms with E-state index in [2.05, 4.69) is 25.3 Å². The number of alkyl halides is 3. The Kier molecular flexibility index (Phi) is 9.02. The number of aliphatic imine (C=N–C) groups is 1. The molecule has 5 rings (SSSR count). The van der Waals surface area contributed by atoms with Gasteiger partial charge in [-0.25, -0.2) is 27.1 Å². The molecule has 38 heavy (non-hydrogen) atoms. The van der Waals surface area contributed by atoms with Crippen LogP contribution in [0.25, 0.3) is 16.6 Å². The van der Waals surface area contributed by atoms with Crippen molar-refractivity contribution in [1.29, 1.82) is 0 Å². The fraction of sp³-hybridized carbons (Fsp3) is 0.536. The van der Waals surface area contributed by atoms with E-state index in [0.717, 1.165) is 40.9 Å². The molecule has 1 saturated heterocycles. The first-order chi connectivity index (χ1) is 18.2. The summed E-state index contributed by atoms with van der Waals surface area (Å²) in [4.78, 5) is 11.0. The van der Waals surface area contributed by atoms with E-state index in [1.54, 1.807) is 17.7 Å². The highest BCUT2D eigenvalue weighted by Crippen LogP contribution is 2.34. The molecule has 206 valence electrons. The Labute approximate surface area is 221 Å². The van der Waals surface area contributed by atoms with Crippen LogP contribution in [-0.4, -0.2) is 63.5 Å². The maximum Gasteiger partial charge on any atom is 0.241 e. The van der Waals surface area contributed by atoms with E-state index in [4.69, 9.17) is 0 Å². The molecule has 0 amide bonds. The van der Waals surface area contributed by atoms with E-state index in [9.17, 15) is 17.6 Å². The molecule has 1 N–H and O–H groups in total. The highest BCUT2D eigenvalue weighted by Gasteiger charge is 2.35. The highest BCUT2D eigenvalue weighted by atomic mass is 19.3. The SMILES string of the molecule is CC=Nc1c(C)cc(-c2ccn3nc(NC4CCN(C5CCC5)C[C@@H]4F)nc(C)c23)cc1F.CCC(F)F. The molecule has 0 radical (unpaired) electrons. The second-order valence-electron chi connectivity index (χ2n) is 9.99. The lowest BCUT2D eigenvalue weighted by atomic mass is 9.89. The number of aromatic nitrogens is 3. The molecule has 0 bridgehead atoms. The maximum atomic E-state index is 14.9. The van der Waals surface area contributed by atoms with Gasteiger partial charge in [-0.3, -0.25) is 9.89 Å². The van der Waals surface area contributed by atoms with E-state index in [0.29, 0.717) is 24.2 Å². The number of rotatable bonds is 6. The van der Waals surface area contributed by atoms with Gasteiger partial charge in [0.2, 0.25) is 12.4 Å². The maximum absolute atomic E-state index is 14.9. The minimum atomic E-state index is -2.12. The number of piperidine rings is 1. The second kappa shape index (κ2) is 12.2. The molecule has 1 aromatic carbocycles. The largest absolute Gasteiger partial charge is 0.347 e. The van der Waals surface area contributed by atoms with Gasteiger partial charge in [0.25, 0.3) is 0 Å². The third-order valence-corrected chi connectivity index (χ3v) is 7.30. The van der Waals surface area contributed by atoms with Gasteiger partial charge in [-0.05, 0) is 69.4 Å². The van der Waals surface area contributed by atoms with Crippen molar-refractivity contribution < 1.29 is 17.6 Å². The predicted molar refractivity (Wildman–Crippen MR) is 144 cm³/mol. The summed E-state index contributed by atoms with van der Waals surface area (Å²) in [5.41, 5.74) is 4.29. The molecule has 1 saturated carbocycles. The number of hydrogen-bond donors (Lipinski definition) is 1. The van der Waals surface area contributed by atoms with Gasteiger partial charge in [0.15, 0.2) is 0 Å². The second-order valence-corrected chi connectivity index (χ2v) is 9.99. The van der Waals surface area contributed by atoms with Gasteiger partial charge in [-0.2, -0.15) is 0 Å². The summed E-state index contributed by atoms with van der Waals surface area (Å²) < 4.78 is 52.8. The third-order valence-electron chi connectivity index (χ3n) is 7.30. The number of anilines is 1. The standard InChI is InChI=1S/C25H30F2N6.C3H6F2/c1-4-28-23-15(2)12-17(13-20(23)26)19-8-11-33-24(19)16(3)29-25(31-33)30-22-9-10-32(14-21(22)27)18-6-5-7-18;1-2-3(4)5/h4,8,11-13,18,21-22H,5-7,9-10,14H2,1-3H3,(H,30,31);3H,2H2,1H3/t21-,22?;/m0./s1. The average molecular weight is 533 g/mol. The van der Waals surface area contributed by atoms with Crippen molar-refractivity contribution >= 4 is 23.4 Å². The number of aryl methyl sites for hydroxylation is 2. The zero-order chi connectivity index (χ0) is 27.4. The molecule has 2 aromatic heterocycles. The molecule has 0 spiro atoms. The summed E-state index contributed by atoms with van der Waals surface area (Å²) in [6.45, 7) is 8.34. The Morgan fingerprint density at radius 2 is 1.95 bits per heavy atom. The van der Waals surface area contributed by atoms with Crippen LogP contribution >= 0.6 is 0 Å². The minimum absolute atomic E-state index is 0.0278. The van der Waals surface area contributed by atoms with Gasteiger partial charge >= 0.3 is 0 Å². The first-order valence-electron chi connectivity index (χ1n) is 13.3. The smallest absolute Gasteiger partial charge is 0.241 e. The topological polar surface area (TPSA) is 57.8 Å². The van der Waals surface area contributed by atoms with Crippen LogP contribution in [0, 0.1) is 19.7 Å². The van der Waals surface area contributed by atoms with Crippen LogP contribution in [0.2, 0.25) is 0 Å².